The zero-order valence-corrected chi connectivity index (χ0v) is 13.5. The van der Waals surface area contributed by atoms with Crippen LogP contribution < -0.4 is 0 Å². The van der Waals surface area contributed by atoms with Crippen LogP contribution in [0.25, 0.3) is 0 Å². The molecule has 21 heavy (non-hydrogen) atoms. The van der Waals surface area contributed by atoms with Crippen LogP contribution in [0.15, 0.2) is 18.2 Å². The monoisotopic (exact) mass is 311 g/mol. The van der Waals surface area contributed by atoms with E-state index in [-0.39, 0.29) is 12.2 Å². The second kappa shape index (κ2) is 6.89. The maximum atomic E-state index is 13.9. The van der Waals surface area contributed by atoms with E-state index in [0.29, 0.717) is 10.6 Å². The van der Waals surface area contributed by atoms with Gasteiger partial charge in [0.1, 0.15) is 5.82 Å². The van der Waals surface area contributed by atoms with Gasteiger partial charge in [0.15, 0.2) is 5.78 Å². The molecular formula is C17H23ClFNO. The molecule has 0 radical (unpaired) electrons. The van der Waals surface area contributed by atoms with Crippen LogP contribution in [-0.4, -0.2) is 30.3 Å². The summed E-state index contributed by atoms with van der Waals surface area (Å²) < 4.78 is 13.9. The number of ketones is 1. The number of rotatable bonds is 4. The molecule has 0 aromatic heterocycles. The van der Waals surface area contributed by atoms with Crippen LogP contribution >= 0.6 is 11.6 Å². The van der Waals surface area contributed by atoms with Gasteiger partial charge in [-0.25, -0.2) is 4.39 Å². The minimum Gasteiger partial charge on any atom is -0.297 e. The minimum atomic E-state index is -0.442. The van der Waals surface area contributed by atoms with Crippen molar-refractivity contribution in [2.45, 2.75) is 50.5 Å². The summed E-state index contributed by atoms with van der Waals surface area (Å²) in [4.78, 5) is 14.9. The number of carbonyl (C=O) groups is 1. The van der Waals surface area contributed by atoms with Crippen molar-refractivity contribution >= 4 is 17.4 Å². The predicted octanol–water partition coefficient (Wildman–Crippen LogP) is 4.25. The quantitative estimate of drug-likeness (QED) is 0.775. The molecule has 2 rings (SSSR count). The Morgan fingerprint density at radius 1 is 1.24 bits per heavy atom. The van der Waals surface area contributed by atoms with E-state index in [4.69, 9.17) is 11.6 Å². The molecule has 0 aliphatic heterocycles. The molecule has 1 saturated carbocycles. The van der Waals surface area contributed by atoms with Gasteiger partial charge in [0.25, 0.3) is 0 Å². The van der Waals surface area contributed by atoms with Gasteiger partial charge < -0.3 is 0 Å². The molecule has 0 atom stereocenters. The van der Waals surface area contributed by atoms with E-state index in [0.717, 1.165) is 25.7 Å². The smallest absolute Gasteiger partial charge is 0.157 e. The van der Waals surface area contributed by atoms with Gasteiger partial charge in [-0.2, -0.15) is 0 Å². The van der Waals surface area contributed by atoms with Crippen molar-refractivity contribution in [3.05, 3.63) is 34.6 Å². The standard InChI is InChI=1S/C17H23ClFNO/c1-20(2)17(9-5-3-4-6-10-17)16(21)11-13-7-8-14(18)12-15(13)19/h7-8,12H,3-6,9-11H2,1-2H3. The summed E-state index contributed by atoms with van der Waals surface area (Å²) >= 11 is 5.77. The van der Waals surface area contributed by atoms with Crippen molar-refractivity contribution in [2.75, 3.05) is 14.1 Å². The minimum absolute atomic E-state index is 0.121. The summed E-state index contributed by atoms with van der Waals surface area (Å²) in [5.74, 6) is -0.269. The third-order valence-corrected chi connectivity index (χ3v) is 4.91. The van der Waals surface area contributed by atoms with Gasteiger partial charge in [0.2, 0.25) is 0 Å². The highest BCUT2D eigenvalue weighted by Gasteiger charge is 2.40. The summed E-state index contributed by atoms with van der Waals surface area (Å²) in [7, 11) is 3.92. The van der Waals surface area contributed by atoms with Crippen LogP contribution in [0.1, 0.15) is 44.1 Å². The van der Waals surface area contributed by atoms with Crippen LogP contribution in [0.2, 0.25) is 5.02 Å². The van der Waals surface area contributed by atoms with Gasteiger partial charge in [0.05, 0.1) is 5.54 Å². The van der Waals surface area contributed by atoms with Crippen LogP contribution in [0.3, 0.4) is 0 Å². The summed E-state index contributed by atoms with van der Waals surface area (Å²) in [6.07, 6.45) is 6.36. The van der Waals surface area contributed by atoms with Gasteiger partial charge in [-0.15, -0.1) is 0 Å². The SMILES string of the molecule is CN(C)C1(C(=O)Cc2ccc(Cl)cc2F)CCCCCC1. The Bertz CT molecular complexity index is 508. The summed E-state index contributed by atoms with van der Waals surface area (Å²) in [6, 6.07) is 4.54. The zero-order valence-electron chi connectivity index (χ0n) is 12.8. The maximum Gasteiger partial charge on any atom is 0.157 e. The van der Waals surface area contributed by atoms with E-state index in [9.17, 15) is 9.18 Å². The molecule has 0 N–H and O–H groups in total. The fourth-order valence-electron chi connectivity index (χ4n) is 3.29. The van der Waals surface area contributed by atoms with Crippen LogP contribution in [0.4, 0.5) is 4.39 Å². The molecule has 4 heteroatoms. The summed E-state index contributed by atoms with van der Waals surface area (Å²) in [5, 5.41) is 0.362. The molecular weight excluding hydrogens is 289 g/mol. The van der Waals surface area contributed by atoms with Crippen molar-refractivity contribution in [2.24, 2.45) is 0 Å². The second-order valence-corrected chi connectivity index (χ2v) is 6.61. The fraction of sp³-hybridized carbons (Fsp3) is 0.588. The van der Waals surface area contributed by atoms with E-state index in [1.54, 1.807) is 12.1 Å². The average Bonchev–Trinajstić information content (AvgIpc) is 2.68. The van der Waals surface area contributed by atoms with E-state index < -0.39 is 11.4 Å². The lowest BCUT2D eigenvalue weighted by Gasteiger charge is -2.38. The van der Waals surface area contributed by atoms with Gasteiger partial charge in [-0.1, -0.05) is 43.4 Å². The first-order chi connectivity index (χ1) is 9.95. The van der Waals surface area contributed by atoms with Gasteiger partial charge >= 0.3 is 0 Å². The lowest BCUT2D eigenvalue weighted by molar-refractivity contribution is -0.130. The molecule has 0 spiro atoms. The molecule has 0 saturated heterocycles. The molecule has 0 unspecified atom stereocenters. The van der Waals surface area contributed by atoms with Crippen molar-refractivity contribution in [1.82, 2.24) is 4.90 Å². The Hall–Kier alpha value is -0.930. The van der Waals surface area contributed by atoms with E-state index in [2.05, 4.69) is 0 Å². The number of likely N-dealkylation sites (N-methyl/N-ethyl adjacent to an activating group) is 1. The molecule has 1 aromatic rings. The largest absolute Gasteiger partial charge is 0.297 e. The van der Waals surface area contributed by atoms with Crippen molar-refractivity contribution in [3.8, 4) is 0 Å². The number of nitrogens with zero attached hydrogens (tertiary/aromatic N) is 1. The van der Waals surface area contributed by atoms with E-state index >= 15 is 0 Å². The first-order valence-electron chi connectivity index (χ1n) is 7.60. The number of halogens is 2. The fourth-order valence-corrected chi connectivity index (χ4v) is 3.45. The first-order valence-corrected chi connectivity index (χ1v) is 7.98. The Kier molecular flexibility index (Phi) is 5.39. The highest BCUT2D eigenvalue weighted by Crippen LogP contribution is 2.33. The average molecular weight is 312 g/mol. The van der Waals surface area contributed by atoms with Gasteiger partial charge in [-0.05, 0) is 44.6 Å². The number of hydrogen-bond acceptors (Lipinski definition) is 2. The van der Waals surface area contributed by atoms with Crippen LogP contribution in [-0.2, 0) is 11.2 Å². The van der Waals surface area contributed by atoms with E-state index in [1.807, 2.05) is 19.0 Å². The molecule has 1 aliphatic rings. The topological polar surface area (TPSA) is 20.3 Å². The normalized spacial score (nSPS) is 18.5. The Morgan fingerprint density at radius 2 is 1.86 bits per heavy atom. The summed E-state index contributed by atoms with van der Waals surface area (Å²) in [6.45, 7) is 0. The second-order valence-electron chi connectivity index (χ2n) is 6.18. The predicted molar refractivity (Wildman–Crippen MR) is 84.2 cm³/mol. The van der Waals surface area contributed by atoms with Crippen molar-refractivity contribution < 1.29 is 9.18 Å². The van der Waals surface area contributed by atoms with Crippen molar-refractivity contribution in [1.29, 1.82) is 0 Å². The molecule has 116 valence electrons. The maximum absolute atomic E-state index is 13.9. The number of hydrogen-bond donors (Lipinski definition) is 0. The van der Waals surface area contributed by atoms with Crippen LogP contribution in [0.5, 0.6) is 0 Å². The highest BCUT2D eigenvalue weighted by atomic mass is 35.5. The van der Waals surface area contributed by atoms with Gasteiger partial charge in [0, 0.05) is 11.4 Å². The molecule has 2 nitrogen and oxygen atoms in total. The molecule has 1 aromatic carbocycles. The number of carbonyl (C=O) groups excluding carboxylic acids is 1. The highest BCUT2D eigenvalue weighted by molar-refractivity contribution is 6.30. The Morgan fingerprint density at radius 3 is 2.38 bits per heavy atom. The lowest BCUT2D eigenvalue weighted by atomic mass is 9.82. The van der Waals surface area contributed by atoms with Crippen LogP contribution in [0, 0.1) is 5.82 Å². The lowest BCUT2D eigenvalue weighted by Crippen LogP contribution is -2.51. The molecule has 0 heterocycles. The number of Topliss-reactive ketones (excluding diaryl/α,β-unsaturated/α-hetero) is 1. The van der Waals surface area contributed by atoms with Crippen molar-refractivity contribution in [3.63, 3.8) is 0 Å². The molecule has 0 amide bonds. The van der Waals surface area contributed by atoms with Gasteiger partial charge in [-0.3, -0.25) is 9.69 Å². The third kappa shape index (κ3) is 3.64. The molecule has 0 bridgehead atoms. The first kappa shape index (κ1) is 16.4. The molecule has 1 aliphatic carbocycles. The zero-order chi connectivity index (χ0) is 15.5. The Balaban J connectivity index is 2.22. The number of benzene rings is 1. The summed E-state index contributed by atoms with van der Waals surface area (Å²) in [5.41, 5.74) is -0.00219. The van der Waals surface area contributed by atoms with E-state index in [1.165, 1.54) is 18.9 Å². The third-order valence-electron chi connectivity index (χ3n) is 4.67. The molecule has 1 fully saturated rings. The Labute approximate surface area is 131 Å².